The average molecular weight is 780 g/mol. The Labute approximate surface area is 353 Å². The molecule has 0 aliphatic carbocycles. The summed E-state index contributed by atoms with van der Waals surface area (Å²) in [4.78, 5) is 2.34. The highest BCUT2D eigenvalue weighted by Crippen LogP contribution is 2.43. The first-order valence-corrected chi connectivity index (χ1v) is 20.7. The van der Waals surface area contributed by atoms with Gasteiger partial charge in [-0.15, -0.1) is 0 Å². The molecule has 3 heteroatoms. The summed E-state index contributed by atoms with van der Waals surface area (Å²) in [5, 5.41) is 6.87. The van der Waals surface area contributed by atoms with E-state index < -0.39 is 0 Å². The number of rotatable bonds is 7. The number of furan rings is 2. The lowest BCUT2D eigenvalue weighted by atomic mass is 9.91. The van der Waals surface area contributed by atoms with Crippen molar-refractivity contribution in [3.63, 3.8) is 0 Å². The largest absolute Gasteiger partial charge is 0.455 e. The van der Waals surface area contributed by atoms with Crippen molar-refractivity contribution in [2.24, 2.45) is 0 Å². The number of nitrogens with zero attached hydrogens (tertiary/aromatic N) is 1. The molecule has 0 aliphatic rings. The standard InChI is InChI=1S/C58H37NO2/c1-2-19-46(20-3-1)59(48-31-30-38-14-4-5-15-41(38)36-48)47-21-11-18-42(37-47)39-16-10-17-40(32-39)43-33-44(49-24-12-26-53-51-22-6-8-28-55(51)60-57(49)53)35-45(34-43)50-25-13-27-54-52-23-7-9-29-56(52)61-58(50)54/h1-37H. The summed E-state index contributed by atoms with van der Waals surface area (Å²) in [6, 6.07) is 80.0. The zero-order valence-electron chi connectivity index (χ0n) is 33.1. The van der Waals surface area contributed by atoms with Gasteiger partial charge >= 0.3 is 0 Å². The Bertz CT molecular complexity index is 3480. The van der Waals surface area contributed by atoms with Crippen molar-refractivity contribution in [2.45, 2.75) is 0 Å². The van der Waals surface area contributed by atoms with Gasteiger partial charge in [-0.05, 0) is 117 Å². The molecule has 0 atom stereocenters. The zero-order valence-corrected chi connectivity index (χ0v) is 33.1. The second-order valence-corrected chi connectivity index (χ2v) is 15.7. The first-order valence-electron chi connectivity index (χ1n) is 20.7. The van der Waals surface area contributed by atoms with Crippen LogP contribution in [0.5, 0.6) is 0 Å². The van der Waals surface area contributed by atoms with Gasteiger partial charge in [0.15, 0.2) is 0 Å². The highest BCUT2D eigenvalue weighted by atomic mass is 16.3. The van der Waals surface area contributed by atoms with Crippen LogP contribution in [-0.2, 0) is 0 Å². The van der Waals surface area contributed by atoms with Crippen LogP contribution in [0.4, 0.5) is 17.1 Å². The Morgan fingerprint density at radius 1 is 0.262 bits per heavy atom. The molecule has 0 saturated heterocycles. The van der Waals surface area contributed by atoms with E-state index in [0.717, 1.165) is 105 Å². The van der Waals surface area contributed by atoms with Crippen LogP contribution in [0, 0.1) is 0 Å². The van der Waals surface area contributed by atoms with E-state index in [1.807, 2.05) is 24.3 Å². The van der Waals surface area contributed by atoms with E-state index in [1.165, 1.54) is 10.8 Å². The molecular formula is C58H37NO2. The van der Waals surface area contributed by atoms with Gasteiger partial charge in [0.25, 0.3) is 0 Å². The monoisotopic (exact) mass is 779 g/mol. The molecule has 286 valence electrons. The Morgan fingerprint density at radius 3 is 1.39 bits per heavy atom. The maximum absolute atomic E-state index is 6.61. The predicted octanol–water partition coefficient (Wildman–Crippen LogP) is 16.8. The Hall–Kier alpha value is -8.14. The molecule has 0 saturated carbocycles. The average Bonchev–Trinajstić information content (AvgIpc) is 3.91. The maximum atomic E-state index is 6.61. The molecule has 2 heterocycles. The molecule has 12 aromatic rings. The summed E-state index contributed by atoms with van der Waals surface area (Å²) < 4.78 is 13.2. The molecule has 0 spiro atoms. The molecule has 0 amide bonds. The number of benzene rings is 10. The number of anilines is 3. The van der Waals surface area contributed by atoms with Gasteiger partial charge in [0, 0.05) is 49.7 Å². The Morgan fingerprint density at radius 2 is 0.721 bits per heavy atom. The highest BCUT2D eigenvalue weighted by molar-refractivity contribution is 6.12. The number of para-hydroxylation sites is 5. The van der Waals surface area contributed by atoms with Crippen LogP contribution < -0.4 is 4.90 Å². The van der Waals surface area contributed by atoms with Gasteiger partial charge in [0.2, 0.25) is 0 Å². The normalized spacial score (nSPS) is 11.6. The second kappa shape index (κ2) is 14.3. The molecule has 0 N–H and O–H groups in total. The lowest BCUT2D eigenvalue weighted by molar-refractivity contribution is 0.670. The summed E-state index contributed by atoms with van der Waals surface area (Å²) in [5.41, 5.74) is 15.6. The molecular weight excluding hydrogens is 743 g/mol. The third-order valence-corrected chi connectivity index (χ3v) is 12.0. The van der Waals surface area contributed by atoms with Crippen molar-refractivity contribution in [2.75, 3.05) is 4.90 Å². The van der Waals surface area contributed by atoms with Crippen molar-refractivity contribution >= 4 is 71.7 Å². The third kappa shape index (κ3) is 6.06. The van der Waals surface area contributed by atoms with Gasteiger partial charge in [-0.3, -0.25) is 0 Å². The number of hydrogen-bond donors (Lipinski definition) is 0. The summed E-state index contributed by atoms with van der Waals surface area (Å²) >= 11 is 0. The van der Waals surface area contributed by atoms with Crippen molar-refractivity contribution in [1.82, 2.24) is 0 Å². The molecule has 0 aliphatic heterocycles. The number of fused-ring (bicyclic) bond motifs is 7. The van der Waals surface area contributed by atoms with Crippen LogP contribution in [0.1, 0.15) is 0 Å². The molecule has 10 aromatic carbocycles. The van der Waals surface area contributed by atoms with E-state index in [2.05, 4.69) is 205 Å². The smallest absolute Gasteiger partial charge is 0.143 e. The minimum atomic E-state index is 0.883. The van der Waals surface area contributed by atoms with Gasteiger partial charge in [-0.2, -0.15) is 0 Å². The van der Waals surface area contributed by atoms with Gasteiger partial charge in [-0.25, -0.2) is 0 Å². The molecule has 2 aromatic heterocycles. The van der Waals surface area contributed by atoms with Crippen LogP contribution in [0.15, 0.2) is 233 Å². The SMILES string of the molecule is c1ccc(N(c2cccc(-c3cccc(-c4cc(-c5cccc6c5oc5ccccc56)cc(-c5cccc6c5oc5ccccc56)c4)c3)c2)c2ccc3ccccc3c2)cc1. The third-order valence-electron chi connectivity index (χ3n) is 12.0. The van der Waals surface area contributed by atoms with Crippen LogP contribution in [0.3, 0.4) is 0 Å². The Kier molecular flexibility index (Phi) is 8.17. The molecule has 61 heavy (non-hydrogen) atoms. The first kappa shape index (κ1) is 34.9. The summed E-state index contributed by atoms with van der Waals surface area (Å²) in [6.45, 7) is 0. The minimum Gasteiger partial charge on any atom is -0.455 e. The topological polar surface area (TPSA) is 29.5 Å². The fourth-order valence-corrected chi connectivity index (χ4v) is 9.10. The van der Waals surface area contributed by atoms with E-state index in [9.17, 15) is 0 Å². The van der Waals surface area contributed by atoms with Crippen LogP contribution in [0.2, 0.25) is 0 Å². The van der Waals surface area contributed by atoms with E-state index in [-0.39, 0.29) is 0 Å². The second-order valence-electron chi connectivity index (χ2n) is 15.7. The molecule has 12 rings (SSSR count). The first-order chi connectivity index (χ1) is 30.2. The van der Waals surface area contributed by atoms with Gasteiger partial charge in [0.05, 0.1) is 0 Å². The van der Waals surface area contributed by atoms with E-state index in [0.29, 0.717) is 0 Å². The summed E-state index contributed by atoms with van der Waals surface area (Å²) in [5.74, 6) is 0. The molecule has 3 nitrogen and oxygen atoms in total. The van der Waals surface area contributed by atoms with E-state index >= 15 is 0 Å². The highest BCUT2D eigenvalue weighted by Gasteiger charge is 2.18. The predicted molar refractivity (Wildman–Crippen MR) is 255 cm³/mol. The zero-order chi connectivity index (χ0) is 40.3. The molecule has 0 bridgehead atoms. The molecule has 0 radical (unpaired) electrons. The molecule has 0 unspecified atom stereocenters. The van der Waals surface area contributed by atoms with Crippen LogP contribution in [0.25, 0.3) is 99.2 Å². The Balaban J connectivity index is 1.01. The van der Waals surface area contributed by atoms with E-state index in [4.69, 9.17) is 8.83 Å². The van der Waals surface area contributed by atoms with E-state index in [1.54, 1.807) is 0 Å². The lowest BCUT2D eigenvalue weighted by Crippen LogP contribution is -2.09. The fourth-order valence-electron chi connectivity index (χ4n) is 9.10. The quantitative estimate of drug-likeness (QED) is 0.161. The molecule has 0 fully saturated rings. The fraction of sp³-hybridized carbons (Fsp3) is 0. The summed E-state index contributed by atoms with van der Waals surface area (Å²) in [6.07, 6.45) is 0. The van der Waals surface area contributed by atoms with Gasteiger partial charge < -0.3 is 13.7 Å². The van der Waals surface area contributed by atoms with Gasteiger partial charge in [0.1, 0.15) is 22.3 Å². The summed E-state index contributed by atoms with van der Waals surface area (Å²) in [7, 11) is 0. The van der Waals surface area contributed by atoms with Crippen molar-refractivity contribution in [1.29, 1.82) is 0 Å². The lowest BCUT2D eigenvalue weighted by Gasteiger charge is -2.26. The maximum Gasteiger partial charge on any atom is 0.143 e. The van der Waals surface area contributed by atoms with Crippen LogP contribution >= 0.6 is 0 Å². The minimum absolute atomic E-state index is 0.883. The van der Waals surface area contributed by atoms with Crippen LogP contribution in [-0.4, -0.2) is 0 Å². The van der Waals surface area contributed by atoms with Crippen molar-refractivity contribution in [3.8, 4) is 44.5 Å². The van der Waals surface area contributed by atoms with Gasteiger partial charge in [-0.1, -0.05) is 152 Å². The number of hydrogen-bond acceptors (Lipinski definition) is 3. The van der Waals surface area contributed by atoms with Crippen molar-refractivity contribution in [3.05, 3.63) is 224 Å². The van der Waals surface area contributed by atoms with Crippen molar-refractivity contribution < 1.29 is 8.83 Å².